The highest BCUT2D eigenvalue weighted by Crippen LogP contribution is 2.36. The predicted molar refractivity (Wildman–Crippen MR) is 72.6 cm³/mol. The summed E-state index contributed by atoms with van der Waals surface area (Å²) in [5, 5.41) is 0. The van der Waals surface area contributed by atoms with E-state index < -0.39 is 9.84 Å². The fourth-order valence-electron chi connectivity index (χ4n) is 2.58. The summed E-state index contributed by atoms with van der Waals surface area (Å²) in [6.07, 6.45) is 5.79. The number of hydrogen-bond donors (Lipinski definition) is 1. The Bertz CT molecular complexity index is 382. The molecule has 4 heteroatoms. The average molecular weight is 259 g/mol. The minimum Gasteiger partial charge on any atom is -0.324 e. The van der Waals surface area contributed by atoms with Crippen LogP contribution in [0.15, 0.2) is 11.6 Å². The standard InChI is InChI=1S/C13H25NO2S/c1-4-17(15,16)7-5-6-11-8-12(14)10-13(2,3)9-11/h8,12H,4-7,9-10,14H2,1-3H3. The fraction of sp³-hybridized carbons (Fsp3) is 0.846. The molecule has 0 saturated heterocycles. The first-order valence-electron chi connectivity index (χ1n) is 6.40. The lowest BCUT2D eigenvalue weighted by atomic mass is 9.75. The predicted octanol–water partition coefficient (Wildman–Crippen LogP) is 2.28. The maximum absolute atomic E-state index is 11.4. The Balaban J connectivity index is 2.48. The molecule has 0 radical (unpaired) electrons. The van der Waals surface area contributed by atoms with E-state index in [4.69, 9.17) is 5.73 Å². The van der Waals surface area contributed by atoms with Gasteiger partial charge in [0, 0.05) is 11.8 Å². The van der Waals surface area contributed by atoms with Crippen LogP contribution in [0.5, 0.6) is 0 Å². The molecule has 0 aromatic heterocycles. The quantitative estimate of drug-likeness (QED) is 0.771. The SMILES string of the molecule is CCS(=O)(=O)CCCC1=CC(N)CC(C)(C)C1. The summed E-state index contributed by atoms with van der Waals surface area (Å²) >= 11 is 0. The van der Waals surface area contributed by atoms with Gasteiger partial charge in [-0.1, -0.05) is 32.4 Å². The van der Waals surface area contributed by atoms with E-state index in [1.807, 2.05) is 0 Å². The zero-order valence-electron chi connectivity index (χ0n) is 11.2. The fourth-order valence-corrected chi connectivity index (χ4v) is 3.45. The Morgan fingerprint density at radius 1 is 1.47 bits per heavy atom. The van der Waals surface area contributed by atoms with E-state index in [1.54, 1.807) is 6.92 Å². The van der Waals surface area contributed by atoms with Crippen molar-refractivity contribution < 1.29 is 8.42 Å². The lowest BCUT2D eigenvalue weighted by molar-refractivity contribution is 0.297. The van der Waals surface area contributed by atoms with Crippen LogP contribution in [0.2, 0.25) is 0 Å². The molecule has 1 aliphatic carbocycles. The molecule has 100 valence electrons. The maximum Gasteiger partial charge on any atom is 0.150 e. The van der Waals surface area contributed by atoms with E-state index in [2.05, 4.69) is 19.9 Å². The van der Waals surface area contributed by atoms with Crippen molar-refractivity contribution in [2.75, 3.05) is 11.5 Å². The van der Waals surface area contributed by atoms with Crippen LogP contribution < -0.4 is 5.73 Å². The minimum absolute atomic E-state index is 0.136. The molecule has 0 heterocycles. The van der Waals surface area contributed by atoms with Gasteiger partial charge in [0.25, 0.3) is 0 Å². The lowest BCUT2D eigenvalue weighted by Crippen LogP contribution is -2.31. The highest BCUT2D eigenvalue weighted by molar-refractivity contribution is 7.91. The molecular weight excluding hydrogens is 234 g/mol. The molecule has 17 heavy (non-hydrogen) atoms. The van der Waals surface area contributed by atoms with Gasteiger partial charge in [-0.15, -0.1) is 0 Å². The number of hydrogen-bond acceptors (Lipinski definition) is 3. The molecule has 2 N–H and O–H groups in total. The summed E-state index contributed by atoms with van der Waals surface area (Å²) < 4.78 is 22.8. The van der Waals surface area contributed by atoms with Crippen LogP contribution in [0, 0.1) is 5.41 Å². The Morgan fingerprint density at radius 3 is 2.65 bits per heavy atom. The Morgan fingerprint density at radius 2 is 2.12 bits per heavy atom. The molecule has 0 spiro atoms. The molecule has 1 aliphatic rings. The molecule has 0 saturated carbocycles. The first-order chi connectivity index (χ1) is 7.74. The highest BCUT2D eigenvalue weighted by Gasteiger charge is 2.26. The maximum atomic E-state index is 11.4. The van der Waals surface area contributed by atoms with Gasteiger partial charge in [-0.3, -0.25) is 0 Å². The monoisotopic (exact) mass is 259 g/mol. The van der Waals surface area contributed by atoms with Gasteiger partial charge < -0.3 is 5.73 Å². The zero-order valence-corrected chi connectivity index (χ0v) is 12.0. The Kier molecular flexibility index (Phi) is 4.78. The normalized spacial score (nSPS) is 24.5. The van der Waals surface area contributed by atoms with Gasteiger partial charge in [-0.2, -0.15) is 0 Å². The first kappa shape index (κ1) is 14.7. The number of sulfone groups is 1. The van der Waals surface area contributed by atoms with Crippen molar-refractivity contribution >= 4 is 9.84 Å². The van der Waals surface area contributed by atoms with Gasteiger partial charge in [0.15, 0.2) is 0 Å². The molecule has 1 rings (SSSR count). The first-order valence-corrected chi connectivity index (χ1v) is 8.22. The van der Waals surface area contributed by atoms with Crippen LogP contribution in [0.4, 0.5) is 0 Å². The van der Waals surface area contributed by atoms with Gasteiger partial charge in [-0.05, 0) is 31.1 Å². The number of rotatable bonds is 5. The van der Waals surface area contributed by atoms with E-state index in [0.29, 0.717) is 5.75 Å². The molecule has 1 atom stereocenters. The van der Waals surface area contributed by atoms with Crippen molar-refractivity contribution in [3.63, 3.8) is 0 Å². The summed E-state index contributed by atoms with van der Waals surface area (Å²) in [6, 6.07) is 0.136. The van der Waals surface area contributed by atoms with Crippen LogP contribution in [0.25, 0.3) is 0 Å². The van der Waals surface area contributed by atoms with Crippen molar-refractivity contribution in [3.8, 4) is 0 Å². The van der Waals surface area contributed by atoms with Crippen LogP contribution >= 0.6 is 0 Å². The van der Waals surface area contributed by atoms with Gasteiger partial charge in [0.05, 0.1) is 5.75 Å². The molecule has 0 aliphatic heterocycles. The van der Waals surface area contributed by atoms with Gasteiger partial charge in [-0.25, -0.2) is 8.42 Å². The Labute approximate surface area is 105 Å². The van der Waals surface area contributed by atoms with Crippen molar-refractivity contribution in [1.82, 2.24) is 0 Å². The molecule has 0 amide bonds. The summed E-state index contributed by atoms with van der Waals surface area (Å²) in [5.74, 6) is 0.549. The summed E-state index contributed by atoms with van der Waals surface area (Å²) in [7, 11) is -2.82. The van der Waals surface area contributed by atoms with E-state index in [-0.39, 0.29) is 17.2 Å². The largest absolute Gasteiger partial charge is 0.324 e. The highest BCUT2D eigenvalue weighted by atomic mass is 32.2. The second kappa shape index (κ2) is 5.53. The van der Waals surface area contributed by atoms with Crippen LogP contribution in [0.1, 0.15) is 46.5 Å². The van der Waals surface area contributed by atoms with E-state index in [1.165, 1.54) is 5.57 Å². The van der Waals surface area contributed by atoms with Crippen molar-refractivity contribution in [2.24, 2.45) is 11.1 Å². The van der Waals surface area contributed by atoms with Crippen molar-refractivity contribution in [3.05, 3.63) is 11.6 Å². The van der Waals surface area contributed by atoms with Crippen molar-refractivity contribution in [2.45, 2.75) is 52.5 Å². The molecule has 0 bridgehead atoms. The van der Waals surface area contributed by atoms with Gasteiger partial charge >= 0.3 is 0 Å². The van der Waals surface area contributed by atoms with E-state index in [9.17, 15) is 8.42 Å². The Hall–Kier alpha value is -0.350. The summed E-state index contributed by atoms with van der Waals surface area (Å²) in [4.78, 5) is 0. The van der Waals surface area contributed by atoms with Gasteiger partial charge in [0.1, 0.15) is 9.84 Å². The van der Waals surface area contributed by atoms with Crippen molar-refractivity contribution in [1.29, 1.82) is 0 Å². The third kappa shape index (κ3) is 5.21. The number of allylic oxidation sites excluding steroid dienone is 1. The number of nitrogens with two attached hydrogens (primary N) is 1. The third-order valence-electron chi connectivity index (χ3n) is 3.34. The summed E-state index contributed by atoms with van der Waals surface area (Å²) in [5.41, 5.74) is 7.58. The second-order valence-electron chi connectivity index (χ2n) is 5.87. The molecule has 0 aromatic carbocycles. The van der Waals surface area contributed by atoms with Crippen LogP contribution in [-0.2, 0) is 9.84 Å². The molecule has 3 nitrogen and oxygen atoms in total. The molecule has 0 aromatic rings. The molecule has 1 unspecified atom stereocenters. The topological polar surface area (TPSA) is 60.2 Å². The minimum atomic E-state index is -2.82. The van der Waals surface area contributed by atoms with E-state index in [0.717, 1.165) is 25.7 Å². The summed E-state index contributed by atoms with van der Waals surface area (Å²) in [6.45, 7) is 6.15. The zero-order chi connectivity index (χ0) is 13.1. The van der Waals surface area contributed by atoms with Crippen LogP contribution in [-0.4, -0.2) is 26.0 Å². The third-order valence-corrected chi connectivity index (χ3v) is 5.13. The lowest BCUT2D eigenvalue weighted by Gasteiger charge is -2.33. The second-order valence-corrected chi connectivity index (χ2v) is 8.35. The van der Waals surface area contributed by atoms with Gasteiger partial charge in [0.2, 0.25) is 0 Å². The van der Waals surface area contributed by atoms with Crippen LogP contribution in [0.3, 0.4) is 0 Å². The molecule has 0 fully saturated rings. The average Bonchev–Trinajstić information content (AvgIpc) is 2.14. The van der Waals surface area contributed by atoms with E-state index >= 15 is 0 Å². The molecular formula is C13H25NO2S. The smallest absolute Gasteiger partial charge is 0.150 e.